The Balaban J connectivity index is 1.37. The van der Waals surface area contributed by atoms with Gasteiger partial charge in [-0.15, -0.1) is 5.10 Å². The van der Waals surface area contributed by atoms with Crippen molar-refractivity contribution in [3.63, 3.8) is 0 Å². The second kappa shape index (κ2) is 10.7. The maximum Gasteiger partial charge on any atom is 0.178 e. The minimum absolute atomic E-state index is 0.0472. The first-order chi connectivity index (χ1) is 17.2. The number of tetrazole rings is 1. The third-order valence-electron chi connectivity index (χ3n) is 6.66. The summed E-state index contributed by atoms with van der Waals surface area (Å²) in [4.78, 5) is 9.22. The third-order valence-corrected chi connectivity index (χ3v) is 6.66. The predicted molar refractivity (Wildman–Crippen MR) is 138 cm³/mol. The Morgan fingerprint density at radius 3 is 2.29 bits per heavy atom. The van der Waals surface area contributed by atoms with Gasteiger partial charge in [-0.05, 0) is 58.7 Å². The Bertz CT molecular complexity index is 1240. The SMILES string of the molecule is Cc1cccc(C)c1-n1nnnc1C(c1ccncc1)N1CCN(CC=Cc2ccccc2)CC1. The molecule has 2 aromatic heterocycles. The number of hydrogen-bond donors (Lipinski definition) is 0. The number of aryl methyl sites for hydroxylation is 2. The first-order valence-corrected chi connectivity index (χ1v) is 12.1. The number of piperazine rings is 1. The highest BCUT2D eigenvalue weighted by atomic mass is 15.6. The van der Waals surface area contributed by atoms with E-state index in [1.54, 1.807) is 0 Å². The number of rotatable bonds is 7. The Labute approximate surface area is 206 Å². The number of aromatic nitrogens is 5. The van der Waals surface area contributed by atoms with Crippen LogP contribution in [0.1, 0.15) is 34.1 Å². The van der Waals surface area contributed by atoms with E-state index in [2.05, 4.69) is 111 Å². The van der Waals surface area contributed by atoms with Crippen molar-refractivity contribution in [2.75, 3.05) is 32.7 Å². The van der Waals surface area contributed by atoms with Gasteiger partial charge in [0.1, 0.15) is 0 Å². The van der Waals surface area contributed by atoms with Gasteiger partial charge in [-0.3, -0.25) is 14.8 Å². The zero-order valence-corrected chi connectivity index (χ0v) is 20.3. The average Bonchev–Trinajstić information content (AvgIpc) is 3.35. The topological polar surface area (TPSA) is 63.0 Å². The first-order valence-electron chi connectivity index (χ1n) is 12.1. The molecule has 0 spiro atoms. The van der Waals surface area contributed by atoms with Crippen LogP contribution >= 0.6 is 0 Å². The van der Waals surface area contributed by atoms with E-state index in [-0.39, 0.29) is 6.04 Å². The van der Waals surface area contributed by atoms with Gasteiger partial charge in [0.2, 0.25) is 0 Å². The summed E-state index contributed by atoms with van der Waals surface area (Å²) in [6.07, 6.45) is 8.15. The molecule has 0 bridgehead atoms. The Hall–Kier alpha value is -3.68. The summed E-state index contributed by atoms with van der Waals surface area (Å²) in [5, 5.41) is 13.1. The van der Waals surface area contributed by atoms with Crippen molar-refractivity contribution in [1.29, 1.82) is 0 Å². The van der Waals surface area contributed by atoms with Crippen molar-refractivity contribution in [1.82, 2.24) is 35.0 Å². The summed E-state index contributed by atoms with van der Waals surface area (Å²) in [7, 11) is 0. The molecule has 7 heteroatoms. The van der Waals surface area contributed by atoms with Crippen LogP contribution in [-0.2, 0) is 0 Å². The van der Waals surface area contributed by atoms with Gasteiger partial charge in [-0.2, -0.15) is 4.68 Å². The zero-order valence-electron chi connectivity index (χ0n) is 20.3. The van der Waals surface area contributed by atoms with Gasteiger partial charge in [0.05, 0.1) is 11.7 Å². The van der Waals surface area contributed by atoms with Gasteiger partial charge < -0.3 is 0 Å². The number of nitrogens with zero attached hydrogens (tertiary/aromatic N) is 7. The van der Waals surface area contributed by atoms with E-state index >= 15 is 0 Å². The molecule has 5 rings (SSSR count). The van der Waals surface area contributed by atoms with Crippen molar-refractivity contribution in [3.05, 3.63) is 107 Å². The molecule has 7 nitrogen and oxygen atoms in total. The monoisotopic (exact) mass is 465 g/mol. The van der Waals surface area contributed by atoms with Crippen molar-refractivity contribution in [3.8, 4) is 5.69 Å². The van der Waals surface area contributed by atoms with E-state index in [0.717, 1.165) is 60.9 Å². The van der Waals surface area contributed by atoms with Crippen LogP contribution in [0.3, 0.4) is 0 Å². The maximum absolute atomic E-state index is 4.54. The van der Waals surface area contributed by atoms with Crippen molar-refractivity contribution in [2.45, 2.75) is 19.9 Å². The Kier molecular flexibility index (Phi) is 7.07. The molecule has 4 aromatic rings. The summed E-state index contributed by atoms with van der Waals surface area (Å²) < 4.78 is 1.92. The summed E-state index contributed by atoms with van der Waals surface area (Å²) in [6, 6.07) is 20.8. The van der Waals surface area contributed by atoms with Gasteiger partial charge in [-0.25, -0.2) is 0 Å². The van der Waals surface area contributed by atoms with Crippen LogP contribution in [0.15, 0.2) is 79.1 Å². The lowest BCUT2D eigenvalue weighted by molar-refractivity contribution is 0.113. The van der Waals surface area contributed by atoms with Gasteiger partial charge in [0.15, 0.2) is 5.82 Å². The van der Waals surface area contributed by atoms with Gasteiger partial charge in [0.25, 0.3) is 0 Å². The second-order valence-corrected chi connectivity index (χ2v) is 9.02. The van der Waals surface area contributed by atoms with Gasteiger partial charge in [0, 0.05) is 45.1 Å². The first kappa shape index (κ1) is 23.1. The number of hydrogen-bond acceptors (Lipinski definition) is 6. The molecule has 178 valence electrons. The average molecular weight is 466 g/mol. The molecule has 0 saturated carbocycles. The number of pyridine rings is 1. The van der Waals surface area contributed by atoms with E-state index < -0.39 is 0 Å². The zero-order chi connectivity index (χ0) is 24.0. The predicted octanol–water partition coefficient (Wildman–Crippen LogP) is 4.09. The van der Waals surface area contributed by atoms with Crippen molar-refractivity contribution in [2.24, 2.45) is 0 Å². The lowest BCUT2D eigenvalue weighted by Gasteiger charge is -2.38. The Morgan fingerprint density at radius 1 is 0.857 bits per heavy atom. The molecule has 2 aromatic carbocycles. The molecule has 1 aliphatic rings. The third kappa shape index (κ3) is 5.21. The lowest BCUT2D eigenvalue weighted by atomic mass is 10.0. The van der Waals surface area contributed by atoms with Crippen molar-refractivity contribution < 1.29 is 0 Å². The highest BCUT2D eigenvalue weighted by Crippen LogP contribution is 2.30. The largest absolute Gasteiger partial charge is 0.297 e. The highest BCUT2D eigenvalue weighted by Gasteiger charge is 2.31. The van der Waals surface area contributed by atoms with Crippen LogP contribution in [0.25, 0.3) is 11.8 Å². The molecule has 0 amide bonds. The lowest BCUT2D eigenvalue weighted by Crippen LogP contribution is -2.48. The van der Waals surface area contributed by atoms with Crippen LogP contribution in [0.5, 0.6) is 0 Å². The second-order valence-electron chi connectivity index (χ2n) is 9.02. The molecule has 1 aliphatic heterocycles. The minimum Gasteiger partial charge on any atom is -0.297 e. The van der Waals surface area contributed by atoms with E-state index in [4.69, 9.17) is 0 Å². The molecule has 3 heterocycles. The fraction of sp³-hybridized carbons (Fsp3) is 0.286. The molecule has 0 aliphatic carbocycles. The number of benzene rings is 2. The van der Waals surface area contributed by atoms with Crippen LogP contribution in [0.2, 0.25) is 0 Å². The summed E-state index contributed by atoms with van der Waals surface area (Å²) in [5.41, 5.74) is 5.75. The molecular weight excluding hydrogens is 434 g/mol. The fourth-order valence-corrected chi connectivity index (χ4v) is 4.84. The molecule has 1 fully saturated rings. The van der Waals surface area contributed by atoms with Gasteiger partial charge >= 0.3 is 0 Å². The molecule has 35 heavy (non-hydrogen) atoms. The van der Waals surface area contributed by atoms with Crippen LogP contribution < -0.4 is 0 Å². The van der Waals surface area contributed by atoms with Gasteiger partial charge in [-0.1, -0.05) is 60.7 Å². The van der Waals surface area contributed by atoms with E-state index in [9.17, 15) is 0 Å². The van der Waals surface area contributed by atoms with Crippen LogP contribution in [-0.4, -0.2) is 67.7 Å². The van der Waals surface area contributed by atoms with Crippen molar-refractivity contribution >= 4 is 6.08 Å². The Morgan fingerprint density at radius 2 is 1.57 bits per heavy atom. The van der Waals surface area contributed by atoms with E-state index in [1.165, 1.54) is 5.56 Å². The van der Waals surface area contributed by atoms with Crippen LogP contribution in [0.4, 0.5) is 0 Å². The summed E-state index contributed by atoms with van der Waals surface area (Å²) in [5.74, 6) is 0.839. The van der Waals surface area contributed by atoms with E-state index in [1.807, 2.05) is 23.1 Å². The summed E-state index contributed by atoms with van der Waals surface area (Å²) >= 11 is 0. The molecule has 1 unspecified atom stereocenters. The standard InChI is InChI=1S/C28H31N7/c1-22-8-6-9-23(2)26(22)35-28(30-31-32-35)27(25-13-15-29-16-14-25)34-20-18-33(19-21-34)17-7-12-24-10-4-3-5-11-24/h3-16,27H,17-21H2,1-2H3. The highest BCUT2D eigenvalue weighted by molar-refractivity contribution is 5.49. The molecular formula is C28H31N7. The molecule has 0 N–H and O–H groups in total. The quantitative estimate of drug-likeness (QED) is 0.410. The minimum atomic E-state index is -0.0472. The molecule has 0 radical (unpaired) electrons. The van der Waals surface area contributed by atoms with E-state index in [0.29, 0.717) is 0 Å². The fourth-order valence-electron chi connectivity index (χ4n) is 4.84. The smallest absolute Gasteiger partial charge is 0.178 e. The maximum atomic E-state index is 4.54. The normalized spacial score (nSPS) is 16.1. The van der Waals surface area contributed by atoms with Crippen LogP contribution in [0, 0.1) is 13.8 Å². The summed E-state index contributed by atoms with van der Waals surface area (Å²) in [6.45, 7) is 9.02. The molecule has 1 atom stereocenters. The number of para-hydroxylation sites is 1. The molecule has 1 saturated heterocycles.